The highest BCUT2D eigenvalue weighted by Gasteiger charge is 1.92. The summed E-state index contributed by atoms with van der Waals surface area (Å²) in [4.78, 5) is 4.15. The molecule has 2 nitrogen and oxygen atoms in total. The van der Waals surface area contributed by atoms with E-state index in [2.05, 4.69) is 16.6 Å². The van der Waals surface area contributed by atoms with E-state index in [1.54, 1.807) is 23.3 Å². The van der Waals surface area contributed by atoms with Crippen LogP contribution in [0.15, 0.2) is 11.6 Å². The minimum Gasteiger partial charge on any atom is -0.264 e. The molecule has 4 heteroatoms. The van der Waals surface area contributed by atoms with E-state index in [1.807, 2.05) is 11.6 Å². The number of aromatic nitrogens is 1. The Morgan fingerprint density at radius 1 is 1.80 bits per heavy atom. The molecular formula is C6H10N2S2. The van der Waals surface area contributed by atoms with Gasteiger partial charge in [-0.15, -0.1) is 11.3 Å². The van der Waals surface area contributed by atoms with E-state index >= 15 is 0 Å². The van der Waals surface area contributed by atoms with Crippen LogP contribution in [-0.2, 0) is 5.75 Å². The van der Waals surface area contributed by atoms with Crippen LogP contribution in [-0.4, -0.2) is 11.5 Å². The zero-order valence-corrected chi connectivity index (χ0v) is 7.47. The van der Waals surface area contributed by atoms with E-state index in [-0.39, 0.29) is 0 Å². The van der Waals surface area contributed by atoms with Gasteiger partial charge in [0.2, 0.25) is 0 Å². The molecule has 1 rings (SSSR count). The lowest BCUT2D eigenvalue weighted by Crippen LogP contribution is -2.00. The van der Waals surface area contributed by atoms with Crippen LogP contribution in [0.25, 0.3) is 0 Å². The molecule has 1 heterocycles. The van der Waals surface area contributed by atoms with Gasteiger partial charge in [0.05, 0.1) is 5.75 Å². The predicted octanol–water partition coefficient (Wildman–Crippen LogP) is 1.90. The average molecular weight is 174 g/mol. The lowest BCUT2D eigenvalue weighted by atomic mass is 10.8. The van der Waals surface area contributed by atoms with Crippen LogP contribution in [0.1, 0.15) is 11.9 Å². The number of rotatable bonds is 4. The molecule has 0 aliphatic rings. The SMILES string of the molecule is CCNSCc1nccs1. The number of nitrogens with zero attached hydrogens (tertiary/aromatic N) is 1. The Kier molecular flexibility index (Phi) is 3.79. The number of hydrogen-bond acceptors (Lipinski definition) is 4. The molecule has 0 aliphatic carbocycles. The largest absolute Gasteiger partial charge is 0.264 e. The van der Waals surface area contributed by atoms with Gasteiger partial charge < -0.3 is 0 Å². The van der Waals surface area contributed by atoms with E-state index in [0.29, 0.717) is 0 Å². The molecule has 1 aromatic heterocycles. The maximum absolute atomic E-state index is 4.15. The highest BCUT2D eigenvalue weighted by molar-refractivity contribution is 7.96. The van der Waals surface area contributed by atoms with E-state index in [0.717, 1.165) is 12.3 Å². The third-order valence-electron chi connectivity index (χ3n) is 0.926. The Hall–Kier alpha value is -0.0600. The van der Waals surface area contributed by atoms with Gasteiger partial charge in [-0.25, -0.2) is 4.98 Å². The third-order valence-corrected chi connectivity index (χ3v) is 2.80. The normalized spacial score (nSPS) is 10.1. The highest BCUT2D eigenvalue weighted by atomic mass is 32.2. The number of thiazole rings is 1. The molecule has 0 unspecified atom stereocenters. The second-order valence-corrected chi connectivity index (χ2v) is 3.56. The second kappa shape index (κ2) is 4.71. The van der Waals surface area contributed by atoms with Crippen LogP contribution in [0.3, 0.4) is 0 Å². The lowest BCUT2D eigenvalue weighted by molar-refractivity contribution is 1.03. The fourth-order valence-electron chi connectivity index (χ4n) is 0.539. The van der Waals surface area contributed by atoms with Crippen LogP contribution in [0.4, 0.5) is 0 Å². The summed E-state index contributed by atoms with van der Waals surface area (Å²) in [6.07, 6.45) is 1.84. The van der Waals surface area contributed by atoms with Crippen LogP contribution in [0.2, 0.25) is 0 Å². The van der Waals surface area contributed by atoms with Gasteiger partial charge in [0.1, 0.15) is 5.01 Å². The fraction of sp³-hybridized carbons (Fsp3) is 0.500. The van der Waals surface area contributed by atoms with Crippen molar-refractivity contribution in [2.24, 2.45) is 0 Å². The van der Waals surface area contributed by atoms with Crippen LogP contribution >= 0.6 is 23.3 Å². The van der Waals surface area contributed by atoms with Gasteiger partial charge in [0.15, 0.2) is 0 Å². The molecule has 0 bridgehead atoms. The molecule has 0 radical (unpaired) electrons. The summed E-state index contributed by atoms with van der Waals surface area (Å²) in [5, 5.41) is 3.19. The first kappa shape index (κ1) is 8.04. The van der Waals surface area contributed by atoms with Crippen molar-refractivity contribution in [3.05, 3.63) is 16.6 Å². The summed E-state index contributed by atoms with van der Waals surface area (Å²) in [5.41, 5.74) is 0. The Morgan fingerprint density at radius 2 is 2.70 bits per heavy atom. The van der Waals surface area contributed by atoms with Crippen molar-refractivity contribution >= 4 is 23.3 Å². The Labute approximate surface area is 69.2 Å². The molecule has 1 N–H and O–H groups in total. The quantitative estimate of drug-likeness (QED) is 0.557. The maximum atomic E-state index is 4.15. The van der Waals surface area contributed by atoms with Crippen LogP contribution < -0.4 is 4.72 Å². The van der Waals surface area contributed by atoms with Crippen LogP contribution in [0.5, 0.6) is 0 Å². The van der Waals surface area contributed by atoms with E-state index in [4.69, 9.17) is 0 Å². The topological polar surface area (TPSA) is 24.9 Å². The van der Waals surface area contributed by atoms with Crippen molar-refractivity contribution in [3.8, 4) is 0 Å². The van der Waals surface area contributed by atoms with Crippen molar-refractivity contribution in [1.82, 2.24) is 9.71 Å². The van der Waals surface area contributed by atoms with Gasteiger partial charge in [-0.3, -0.25) is 4.72 Å². The molecule has 0 saturated heterocycles. The second-order valence-electron chi connectivity index (χ2n) is 1.71. The van der Waals surface area contributed by atoms with Gasteiger partial charge in [-0.05, 0) is 0 Å². The van der Waals surface area contributed by atoms with Crippen molar-refractivity contribution in [1.29, 1.82) is 0 Å². The number of hydrogen-bond donors (Lipinski definition) is 1. The smallest absolute Gasteiger partial charge is 0.104 e. The monoisotopic (exact) mass is 174 g/mol. The number of nitrogens with one attached hydrogen (secondary N) is 1. The molecule has 0 amide bonds. The summed E-state index contributed by atoms with van der Waals surface area (Å²) in [7, 11) is 0. The summed E-state index contributed by atoms with van der Waals surface area (Å²) < 4.78 is 3.17. The van der Waals surface area contributed by atoms with Crippen molar-refractivity contribution < 1.29 is 0 Å². The lowest BCUT2D eigenvalue weighted by Gasteiger charge is -1.95. The highest BCUT2D eigenvalue weighted by Crippen LogP contribution is 2.10. The Balaban J connectivity index is 2.15. The molecule has 0 aliphatic heterocycles. The molecule has 0 saturated carbocycles. The van der Waals surface area contributed by atoms with Gasteiger partial charge in [0, 0.05) is 18.1 Å². The van der Waals surface area contributed by atoms with E-state index in [9.17, 15) is 0 Å². The van der Waals surface area contributed by atoms with E-state index in [1.165, 1.54) is 5.01 Å². The summed E-state index contributed by atoms with van der Waals surface area (Å²) >= 11 is 3.41. The molecule has 0 spiro atoms. The Morgan fingerprint density at radius 3 is 3.30 bits per heavy atom. The van der Waals surface area contributed by atoms with Gasteiger partial charge in [-0.1, -0.05) is 18.9 Å². The fourth-order valence-corrected chi connectivity index (χ4v) is 1.89. The molecule has 0 aromatic carbocycles. The summed E-state index contributed by atoms with van der Waals surface area (Å²) in [5.74, 6) is 0.978. The molecule has 0 atom stereocenters. The molecular weight excluding hydrogens is 164 g/mol. The van der Waals surface area contributed by atoms with Crippen LogP contribution in [0, 0.1) is 0 Å². The standard InChI is InChI=1S/C6H10N2S2/c1-2-8-10-5-6-7-3-4-9-6/h3-4,8H,2,5H2,1H3. The molecule has 0 fully saturated rings. The van der Waals surface area contributed by atoms with Crippen molar-refractivity contribution in [3.63, 3.8) is 0 Å². The average Bonchev–Trinajstić information content (AvgIpc) is 2.41. The molecule has 10 heavy (non-hydrogen) atoms. The first-order valence-corrected chi connectivity index (χ1v) is 5.03. The Bertz CT molecular complexity index is 162. The third kappa shape index (κ3) is 2.68. The van der Waals surface area contributed by atoms with E-state index < -0.39 is 0 Å². The molecule has 56 valence electrons. The first-order chi connectivity index (χ1) is 4.93. The summed E-state index contributed by atoms with van der Waals surface area (Å²) in [6.45, 7) is 3.10. The maximum Gasteiger partial charge on any atom is 0.104 e. The molecule has 1 aromatic rings. The minimum absolute atomic E-state index is 0.978. The zero-order valence-electron chi connectivity index (χ0n) is 5.83. The van der Waals surface area contributed by atoms with Crippen molar-refractivity contribution in [2.75, 3.05) is 6.54 Å². The predicted molar refractivity (Wildman–Crippen MR) is 47.1 cm³/mol. The van der Waals surface area contributed by atoms with Gasteiger partial charge >= 0.3 is 0 Å². The zero-order chi connectivity index (χ0) is 7.23. The van der Waals surface area contributed by atoms with Gasteiger partial charge in [0.25, 0.3) is 0 Å². The first-order valence-electron chi connectivity index (χ1n) is 3.16. The summed E-state index contributed by atoms with van der Waals surface area (Å²) in [6, 6.07) is 0. The van der Waals surface area contributed by atoms with Crippen molar-refractivity contribution in [2.45, 2.75) is 12.7 Å². The minimum atomic E-state index is 0.978. The van der Waals surface area contributed by atoms with Gasteiger partial charge in [-0.2, -0.15) is 0 Å².